The second-order valence-electron chi connectivity index (χ2n) is 2.09. The van der Waals surface area contributed by atoms with Crippen LogP contribution in [-0.2, 0) is 0 Å². The highest BCUT2D eigenvalue weighted by atomic mass is 19.1. The van der Waals surface area contributed by atoms with E-state index in [1.54, 1.807) is 6.07 Å². The predicted octanol–water partition coefficient (Wildman–Crippen LogP) is 1.28. The SMILES string of the molecule is N#CC#Cc1ccc(F)cc1N. The van der Waals surface area contributed by atoms with Gasteiger partial charge in [0.1, 0.15) is 5.82 Å². The first-order valence-corrected chi connectivity index (χ1v) is 3.19. The van der Waals surface area contributed by atoms with Gasteiger partial charge in [0.05, 0.1) is 5.69 Å². The Morgan fingerprint density at radius 2 is 2.17 bits per heavy atom. The maximum Gasteiger partial charge on any atom is 0.152 e. The Kier molecular flexibility index (Phi) is 2.30. The monoisotopic (exact) mass is 160 g/mol. The van der Waals surface area contributed by atoms with Gasteiger partial charge in [0.25, 0.3) is 0 Å². The third-order valence-corrected chi connectivity index (χ3v) is 1.27. The van der Waals surface area contributed by atoms with E-state index < -0.39 is 5.82 Å². The highest BCUT2D eigenvalue weighted by Gasteiger charge is 1.96. The highest BCUT2D eigenvalue weighted by molar-refractivity contribution is 5.56. The Hall–Kier alpha value is -2.00. The Morgan fingerprint density at radius 3 is 2.75 bits per heavy atom. The lowest BCUT2D eigenvalue weighted by Crippen LogP contribution is -1.90. The van der Waals surface area contributed by atoms with Crippen molar-refractivity contribution in [3.05, 3.63) is 29.6 Å². The average Bonchev–Trinajstić information content (AvgIpc) is 2.03. The van der Waals surface area contributed by atoms with Crippen molar-refractivity contribution < 1.29 is 4.39 Å². The summed E-state index contributed by atoms with van der Waals surface area (Å²) in [4.78, 5) is 0. The van der Waals surface area contributed by atoms with E-state index in [-0.39, 0.29) is 5.69 Å². The molecule has 0 saturated heterocycles. The second-order valence-corrected chi connectivity index (χ2v) is 2.09. The van der Waals surface area contributed by atoms with Gasteiger partial charge in [-0.15, -0.1) is 0 Å². The van der Waals surface area contributed by atoms with Gasteiger partial charge in [-0.25, -0.2) is 4.39 Å². The first-order chi connectivity index (χ1) is 5.74. The summed E-state index contributed by atoms with van der Waals surface area (Å²) in [6, 6.07) is 5.50. The zero-order valence-electron chi connectivity index (χ0n) is 6.13. The first-order valence-electron chi connectivity index (χ1n) is 3.19. The molecule has 0 amide bonds. The van der Waals surface area contributed by atoms with Crippen molar-refractivity contribution in [2.75, 3.05) is 5.73 Å². The summed E-state index contributed by atoms with van der Waals surface area (Å²) in [7, 11) is 0. The lowest BCUT2D eigenvalue weighted by Gasteiger charge is -1.95. The molecule has 0 aliphatic carbocycles. The summed E-state index contributed by atoms with van der Waals surface area (Å²) in [5.41, 5.74) is 6.13. The van der Waals surface area contributed by atoms with Crippen molar-refractivity contribution >= 4 is 5.69 Å². The molecule has 0 radical (unpaired) electrons. The minimum absolute atomic E-state index is 0.248. The number of hydrogen-bond donors (Lipinski definition) is 1. The number of nitrogens with two attached hydrogens (primary N) is 1. The standard InChI is InChI=1S/C9H5FN2/c10-8-4-3-7(2-1-5-11)9(12)6-8/h3-4,6H,12H2. The Morgan fingerprint density at radius 1 is 1.42 bits per heavy atom. The van der Waals surface area contributed by atoms with Crippen molar-refractivity contribution in [3.8, 4) is 17.9 Å². The summed E-state index contributed by atoms with van der Waals surface area (Å²) in [6.07, 6.45) is 0. The summed E-state index contributed by atoms with van der Waals surface area (Å²) in [6.45, 7) is 0. The fourth-order valence-electron chi connectivity index (χ4n) is 0.743. The molecule has 1 aromatic rings. The number of halogens is 1. The number of nitrogens with zero attached hydrogens (tertiary/aromatic N) is 1. The molecule has 1 rings (SSSR count). The summed E-state index contributed by atoms with van der Waals surface area (Å²) < 4.78 is 12.5. The van der Waals surface area contributed by atoms with Gasteiger partial charge in [-0.1, -0.05) is 0 Å². The fourth-order valence-corrected chi connectivity index (χ4v) is 0.743. The van der Waals surface area contributed by atoms with Gasteiger partial charge in [0.2, 0.25) is 0 Å². The first kappa shape index (κ1) is 8.10. The summed E-state index contributed by atoms with van der Waals surface area (Å²) in [5, 5.41) is 8.13. The van der Waals surface area contributed by atoms with Crippen molar-refractivity contribution in [2.45, 2.75) is 0 Å². The van der Waals surface area contributed by atoms with Gasteiger partial charge in [-0.3, -0.25) is 0 Å². The third kappa shape index (κ3) is 1.74. The number of benzene rings is 1. The molecule has 0 unspecified atom stereocenters. The lowest BCUT2D eigenvalue weighted by molar-refractivity contribution is 0.628. The van der Waals surface area contributed by atoms with Crippen molar-refractivity contribution in [3.63, 3.8) is 0 Å². The fraction of sp³-hybridized carbons (Fsp3) is 0. The van der Waals surface area contributed by atoms with Gasteiger partial charge in [0, 0.05) is 11.5 Å². The van der Waals surface area contributed by atoms with E-state index in [1.807, 2.05) is 0 Å². The van der Waals surface area contributed by atoms with Gasteiger partial charge in [0.15, 0.2) is 6.07 Å². The van der Waals surface area contributed by atoms with Crippen LogP contribution in [0.15, 0.2) is 18.2 Å². The Balaban J connectivity index is 3.12. The number of rotatable bonds is 0. The van der Waals surface area contributed by atoms with Gasteiger partial charge in [-0.05, 0) is 24.1 Å². The Labute approximate surface area is 69.4 Å². The second kappa shape index (κ2) is 3.41. The van der Waals surface area contributed by atoms with Crippen LogP contribution in [0.1, 0.15) is 5.56 Å². The predicted molar refractivity (Wildman–Crippen MR) is 43.3 cm³/mol. The molecule has 2 N–H and O–H groups in total. The lowest BCUT2D eigenvalue weighted by atomic mass is 10.2. The van der Waals surface area contributed by atoms with Gasteiger partial charge < -0.3 is 5.73 Å². The molecule has 0 spiro atoms. The van der Waals surface area contributed by atoms with Crippen molar-refractivity contribution in [1.29, 1.82) is 5.26 Å². The van der Waals surface area contributed by atoms with Crippen LogP contribution in [0, 0.1) is 29.0 Å². The molecule has 2 nitrogen and oxygen atoms in total. The highest BCUT2D eigenvalue weighted by Crippen LogP contribution is 2.11. The van der Waals surface area contributed by atoms with Gasteiger partial charge in [-0.2, -0.15) is 5.26 Å². The van der Waals surface area contributed by atoms with Crippen LogP contribution in [-0.4, -0.2) is 0 Å². The molecule has 3 heteroatoms. The van der Waals surface area contributed by atoms with E-state index in [9.17, 15) is 4.39 Å². The van der Waals surface area contributed by atoms with E-state index in [0.717, 1.165) is 0 Å². The molecule has 0 saturated carbocycles. The zero-order chi connectivity index (χ0) is 8.97. The third-order valence-electron chi connectivity index (χ3n) is 1.27. The van der Waals surface area contributed by atoms with Gasteiger partial charge >= 0.3 is 0 Å². The van der Waals surface area contributed by atoms with E-state index in [0.29, 0.717) is 5.56 Å². The average molecular weight is 160 g/mol. The molecule has 0 fully saturated rings. The molecule has 0 aliphatic heterocycles. The smallest absolute Gasteiger partial charge is 0.152 e. The normalized spacial score (nSPS) is 8.00. The van der Waals surface area contributed by atoms with E-state index in [1.165, 1.54) is 18.2 Å². The van der Waals surface area contributed by atoms with Crippen LogP contribution in [0.5, 0.6) is 0 Å². The largest absolute Gasteiger partial charge is 0.398 e. The molecule has 1 aromatic carbocycles. The van der Waals surface area contributed by atoms with Crippen LogP contribution in [0.25, 0.3) is 0 Å². The van der Waals surface area contributed by atoms with E-state index in [4.69, 9.17) is 11.0 Å². The molecule has 0 aliphatic rings. The molecule has 0 bridgehead atoms. The topological polar surface area (TPSA) is 49.8 Å². The molecule has 0 aromatic heterocycles. The zero-order valence-corrected chi connectivity index (χ0v) is 6.13. The molecular weight excluding hydrogens is 155 g/mol. The summed E-state index contributed by atoms with van der Waals surface area (Å²) in [5.74, 6) is 4.26. The molecule has 58 valence electrons. The maximum absolute atomic E-state index is 12.5. The molecule has 12 heavy (non-hydrogen) atoms. The number of anilines is 1. The van der Waals surface area contributed by atoms with Crippen LogP contribution >= 0.6 is 0 Å². The quantitative estimate of drug-likeness (QED) is 0.459. The Bertz CT molecular complexity index is 393. The minimum Gasteiger partial charge on any atom is -0.398 e. The number of nitrogen functional groups attached to an aromatic ring is 1. The van der Waals surface area contributed by atoms with E-state index >= 15 is 0 Å². The number of nitriles is 1. The molecular formula is C9H5FN2. The molecule has 0 atom stereocenters. The van der Waals surface area contributed by atoms with Crippen molar-refractivity contribution in [1.82, 2.24) is 0 Å². The molecule has 0 heterocycles. The van der Waals surface area contributed by atoms with Crippen LogP contribution < -0.4 is 5.73 Å². The maximum atomic E-state index is 12.5. The summed E-state index contributed by atoms with van der Waals surface area (Å²) >= 11 is 0. The van der Waals surface area contributed by atoms with Crippen molar-refractivity contribution in [2.24, 2.45) is 0 Å². The number of hydrogen-bond acceptors (Lipinski definition) is 2. The minimum atomic E-state index is -0.407. The van der Waals surface area contributed by atoms with Crippen LogP contribution in [0.3, 0.4) is 0 Å². The van der Waals surface area contributed by atoms with Crippen LogP contribution in [0.4, 0.5) is 10.1 Å². The van der Waals surface area contributed by atoms with Crippen LogP contribution in [0.2, 0.25) is 0 Å². The van der Waals surface area contributed by atoms with E-state index in [2.05, 4.69) is 11.8 Å².